The zero-order valence-corrected chi connectivity index (χ0v) is 12.2. The van der Waals surface area contributed by atoms with Crippen LogP contribution < -0.4 is 5.73 Å². The Balaban J connectivity index is 1.99. The van der Waals surface area contributed by atoms with E-state index in [-0.39, 0.29) is 24.8 Å². The highest BCUT2D eigenvalue weighted by Crippen LogP contribution is 2.16. The number of aromatic nitrogens is 4. The second-order valence-electron chi connectivity index (χ2n) is 4.95. The lowest BCUT2D eigenvalue weighted by molar-refractivity contribution is 0.0820. The molecule has 0 amide bonds. The summed E-state index contributed by atoms with van der Waals surface area (Å²) >= 11 is 0. The number of rotatable bonds is 3. The molecule has 23 heavy (non-hydrogen) atoms. The highest BCUT2D eigenvalue weighted by atomic mass is 16.3. The zero-order valence-electron chi connectivity index (χ0n) is 12.2. The lowest BCUT2D eigenvalue weighted by Crippen LogP contribution is -2.19. The van der Waals surface area contributed by atoms with Gasteiger partial charge in [-0.25, -0.2) is 15.0 Å². The van der Waals surface area contributed by atoms with Gasteiger partial charge in [0.2, 0.25) is 5.82 Å². The minimum Gasteiger partial charge on any atom is -0.394 e. The number of nitrogen functional groups attached to an aromatic ring is 1. The van der Waals surface area contributed by atoms with Gasteiger partial charge in [0.1, 0.15) is 5.52 Å². The SMILES string of the molecule is Nc1nc(C#Cc2ccccc2)nc2c1ncn2CC(O)CO. The average Bonchev–Trinajstić information content (AvgIpc) is 2.97. The lowest BCUT2D eigenvalue weighted by Gasteiger charge is -2.08. The van der Waals surface area contributed by atoms with Crippen molar-refractivity contribution in [3.63, 3.8) is 0 Å². The molecule has 0 fully saturated rings. The molecule has 7 nitrogen and oxygen atoms in total. The summed E-state index contributed by atoms with van der Waals surface area (Å²) in [6.07, 6.45) is 0.602. The Kier molecular flexibility index (Phi) is 4.19. The molecule has 0 radical (unpaired) electrons. The van der Waals surface area contributed by atoms with Crippen molar-refractivity contribution in [2.24, 2.45) is 0 Å². The number of hydrogen-bond donors (Lipinski definition) is 3. The van der Waals surface area contributed by atoms with E-state index in [0.717, 1.165) is 5.56 Å². The molecule has 1 unspecified atom stereocenters. The molecule has 0 aliphatic heterocycles. The first-order valence-electron chi connectivity index (χ1n) is 7.01. The number of nitrogens with two attached hydrogens (primary N) is 1. The van der Waals surface area contributed by atoms with Crippen LogP contribution in [0.25, 0.3) is 11.2 Å². The van der Waals surface area contributed by atoms with Crippen LogP contribution in [-0.2, 0) is 6.54 Å². The van der Waals surface area contributed by atoms with Crippen LogP contribution in [0.1, 0.15) is 11.4 Å². The quantitative estimate of drug-likeness (QED) is 0.595. The number of benzene rings is 1. The normalized spacial score (nSPS) is 11.9. The van der Waals surface area contributed by atoms with Crippen LogP contribution >= 0.6 is 0 Å². The molecule has 116 valence electrons. The third kappa shape index (κ3) is 3.29. The smallest absolute Gasteiger partial charge is 0.209 e. The van der Waals surface area contributed by atoms with Crippen LogP contribution in [0, 0.1) is 11.8 Å². The van der Waals surface area contributed by atoms with Crippen molar-refractivity contribution in [2.75, 3.05) is 12.3 Å². The molecule has 4 N–H and O–H groups in total. The maximum absolute atomic E-state index is 9.58. The van der Waals surface area contributed by atoms with Gasteiger partial charge in [-0.1, -0.05) is 24.1 Å². The first kappa shape index (κ1) is 15.0. The number of aliphatic hydroxyl groups excluding tert-OH is 2. The van der Waals surface area contributed by atoms with Crippen LogP contribution in [-0.4, -0.2) is 42.4 Å². The van der Waals surface area contributed by atoms with Gasteiger partial charge in [0.05, 0.1) is 25.6 Å². The van der Waals surface area contributed by atoms with Gasteiger partial charge in [0.25, 0.3) is 0 Å². The van der Waals surface area contributed by atoms with Gasteiger partial charge in [-0.2, -0.15) is 0 Å². The molecule has 1 atom stereocenters. The third-order valence-corrected chi connectivity index (χ3v) is 3.20. The standard InChI is InChI=1S/C16H15N5O2/c17-15-14-16(21(10-18-14)8-12(23)9-22)20-13(19-15)7-6-11-4-2-1-3-5-11/h1-5,10,12,22-23H,8-9H2,(H2,17,19,20). The van der Waals surface area contributed by atoms with Gasteiger partial charge in [-0.3, -0.25) is 0 Å². The van der Waals surface area contributed by atoms with Crippen molar-refractivity contribution in [1.29, 1.82) is 0 Å². The molecular formula is C16H15N5O2. The monoisotopic (exact) mass is 309 g/mol. The number of anilines is 1. The fourth-order valence-electron chi connectivity index (χ4n) is 2.09. The Morgan fingerprint density at radius 1 is 1.17 bits per heavy atom. The summed E-state index contributed by atoms with van der Waals surface area (Å²) < 4.78 is 1.61. The van der Waals surface area contributed by atoms with Crippen LogP contribution in [0.4, 0.5) is 5.82 Å². The van der Waals surface area contributed by atoms with E-state index in [1.807, 2.05) is 30.3 Å². The molecule has 0 saturated heterocycles. The summed E-state index contributed by atoms with van der Waals surface area (Å²) in [6.45, 7) is -0.185. The third-order valence-electron chi connectivity index (χ3n) is 3.20. The highest BCUT2D eigenvalue weighted by molar-refractivity contribution is 5.81. The summed E-state index contributed by atoms with van der Waals surface area (Å²) in [7, 11) is 0. The summed E-state index contributed by atoms with van der Waals surface area (Å²) in [5, 5.41) is 18.5. The van der Waals surface area contributed by atoms with E-state index in [0.29, 0.717) is 11.2 Å². The van der Waals surface area contributed by atoms with Crippen LogP contribution in [0.2, 0.25) is 0 Å². The van der Waals surface area contributed by atoms with E-state index in [9.17, 15) is 5.11 Å². The summed E-state index contributed by atoms with van der Waals surface area (Å²) in [4.78, 5) is 12.6. The van der Waals surface area contributed by atoms with Crippen LogP contribution in [0.15, 0.2) is 36.7 Å². The van der Waals surface area contributed by atoms with E-state index in [4.69, 9.17) is 10.8 Å². The van der Waals surface area contributed by atoms with Crippen LogP contribution in [0.5, 0.6) is 0 Å². The summed E-state index contributed by atoms with van der Waals surface area (Å²) in [5.41, 5.74) is 7.66. The van der Waals surface area contributed by atoms with E-state index >= 15 is 0 Å². The first-order valence-corrected chi connectivity index (χ1v) is 7.01. The van der Waals surface area contributed by atoms with Gasteiger partial charge in [-0.15, -0.1) is 0 Å². The van der Waals surface area contributed by atoms with Gasteiger partial charge < -0.3 is 20.5 Å². The molecule has 0 bridgehead atoms. The largest absolute Gasteiger partial charge is 0.394 e. The number of hydrogen-bond acceptors (Lipinski definition) is 6. The summed E-state index contributed by atoms with van der Waals surface area (Å²) in [6, 6.07) is 9.48. The van der Waals surface area contributed by atoms with Crippen molar-refractivity contribution in [3.05, 3.63) is 48.0 Å². The second-order valence-corrected chi connectivity index (χ2v) is 4.95. The number of nitrogens with zero attached hydrogens (tertiary/aromatic N) is 4. The van der Waals surface area contributed by atoms with Crippen molar-refractivity contribution in [1.82, 2.24) is 19.5 Å². The van der Waals surface area contributed by atoms with E-state index in [1.165, 1.54) is 6.33 Å². The molecule has 0 spiro atoms. The van der Waals surface area contributed by atoms with E-state index in [1.54, 1.807) is 4.57 Å². The first-order chi connectivity index (χ1) is 11.2. The molecule has 1 aromatic carbocycles. The van der Waals surface area contributed by atoms with Crippen molar-refractivity contribution in [3.8, 4) is 11.8 Å². The molecule has 2 heterocycles. The molecule has 3 aromatic rings. The number of imidazole rings is 1. The minimum absolute atomic E-state index is 0.162. The fourth-order valence-corrected chi connectivity index (χ4v) is 2.09. The molecule has 3 rings (SSSR count). The Morgan fingerprint density at radius 3 is 2.70 bits per heavy atom. The predicted molar refractivity (Wildman–Crippen MR) is 85.3 cm³/mol. The maximum Gasteiger partial charge on any atom is 0.209 e. The summed E-state index contributed by atoms with van der Waals surface area (Å²) in [5.74, 6) is 6.34. The average molecular weight is 309 g/mol. The predicted octanol–water partition coefficient (Wildman–Crippen LogP) is 0.161. The molecule has 7 heteroatoms. The van der Waals surface area contributed by atoms with Gasteiger partial charge in [-0.05, 0) is 18.1 Å². The highest BCUT2D eigenvalue weighted by Gasteiger charge is 2.12. The second kappa shape index (κ2) is 6.44. The van der Waals surface area contributed by atoms with Gasteiger partial charge in [0.15, 0.2) is 11.5 Å². The maximum atomic E-state index is 9.58. The zero-order chi connectivity index (χ0) is 16.2. The fraction of sp³-hybridized carbons (Fsp3) is 0.188. The minimum atomic E-state index is -0.901. The molecular weight excluding hydrogens is 294 g/mol. The Hall–Kier alpha value is -2.95. The topological polar surface area (TPSA) is 110 Å². The molecule has 2 aromatic heterocycles. The van der Waals surface area contributed by atoms with Crippen molar-refractivity contribution >= 4 is 17.0 Å². The van der Waals surface area contributed by atoms with Gasteiger partial charge >= 0.3 is 0 Å². The lowest BCUT2D eigenvalue weighted by atomic mass is 10.2. The van der Waals surface area contributed by atoms with E-state index in [2.05, 4.69) is 26.8 Å². The van der Waals surface area contributed by atoms with Gasteiger partial charge in [0, 0.05) is 5.56 Å². The number of fused-ring (bicyclic) bond motifs is 1. The Labute approximate surface area is 132 Å². The van der Waals surface area contributed by atoms with E-state index < -0.39 is 6.10 Å². The molecule has 0 saturated carbocycles. The Bertz CT molecular complexity index is 880. The molecule has 0 aliphatic carbocycles. The van der Waals surface area contributed by atoms with Crippen LogP contribution in [0.3, 0.4) is 0 Å². The van der Waals surface area contributed by atoms with Crippen molar-refractivity contribution in [2.45, 2.75) is 12.6 Å². The Morgan fingerprint density at radius 2 is 1.96 bits per heavy atom. The van der Waals surface area contributed by atoms with Crippen molar-refractivity contribution < 1.29 is 10.2 Å². The number of aliphatic hydroxyl groups is 2. The molecule has 0 aliphatic rings.